The number of esters is 1. The van der Waals surface area contributed by atoms with Crippen LogP contribution in [0.15, 0.2) is 42.5 Å². The summed E-state index contributed by atoms with van der Waals surface area (Å²) in [6.45, 7) is 0.125. The van der Waals surface area contributed by atoms with Crippen molar-refractivity contribution in [2.45, 2.75) is 6.42 Å². The molecule has 0 aliphatic heterocycles. The summed E-state index contributed by atoms with van der Waals surface area (Å²) in [7, 11) is 1.15. The number of hydrogen-bond donors (Lipinski definition) is 2. The highest BCUT2D eigenvalue weighted by atomic mass is 16.6. The van der Waals surface area contributed by atoms with E-state index in [1.165, 1.54) is 12.1 Å². The van der Waals surface area contributed by atoms with Crippen LogP contribution in [0.3, 0.4) is 0 Å². The van der Waals surface area contributed by atoms with E-state index in [9.17, 15) is 24.5 Å². The number of benzene rings is 2. The van der Waals surface area contributed by atoms with Gasteiger partial charge in [-0.15, -0.1) is 0 Å². The highest BCUT2D eigenvalue weighted by Gasteiger charge is 2.23. The van der Waals surface area contributed by atoms with Crippen molar-refractivity contribution in [3.05, 3.63) is 69.3 Å². The van der Waals surface area contributed by atoms with E-state index in [0.29, 0.717) is 12.1 Å². The van der Waals surface area contributed by atoms with Crippen LogP contribution in [-0.2, 0) is 15.9 Å². The number of nitrogens with one attached hydrogen (secondary N) is 1. The lowest BCUT2D eigenvalue weighted by Crippen LogP contribution is -2.15. The smallest absolute Gasteiger partial charge is 0.404 e. The summed E-state index contributed by atoms with van der Waals surface area (Å²) < 4.78 is 9.16. The van der Waals surface area contributed by atoms with E-state index < -0.39 is 28.6 Å². The van der Waals surface area contributed by atoms with Crippen LogP contribution in [0.1, 0.15) is 26.3 Å². The van der Waals surface area contributed by atoms with Gasteiger partial charge in [0.25, 0.3) is 11.6 Å². The Labute approximate surface area is 159 Å². The van der Waals surface area contributed by atoms with Gasteiger partial charge in [-0.05, 0) is 29.8 Å². The van der Waals surface area contributed by atoms with Crippen LogP contribution < -0.4 is 11.1 Å². The van der Waals surface area contributed by atoms with Crippen molar-refractivity contribution in [2.24, 2.45) is 5.73 Å². The van der Waals surface area contributed by atoms with Crippen LogP contribution >= 0.6 is 0 Å². The quantitative estimate of drug-likeness (QED) is 0.420. The van der Waals surface area contributed by atoms with Crippen LogP contribution in [-0.4, -0.2) is 36.6 Å². The molecule has 0 bridgehead atoms. The zero-order valence-electron chi connectivity index (χ0n) is 14.8. The van der Waals surface area contributed by atoms with E-state index in [1.54, 1.807) is 24.3 Å². The van der Waals surface area contributed by atoms with Crippen LogP contribution in [0.4, 0.5) is 16.2 Å². The SMILES string of the molecule is COC(=O)c1ccc(C(=O)Nc2ccc(CCOC(N)=O)cc2)c([N+](=O)[O-])c1. The number of nitrogens with zero attached hydrogens (tertiary/aromatic N) is 1. The second-order valence-corrected chi connectivity index (χ2v) is 5.55. The van der Waals surface area contributed by atoms with Crippen LogP contribution in [0.5, 0.6) is 0 Å². The molecule has 0 spiro atoms. The van der Waals surface area contributed by atoms with E-state index in [0.717, 1.165) is 18.7 Å². The lowest BCUT2D eigenvalue weighted by atomic mass is 10.1. The number of rotatable bonds is 7. The maximum Gasteiger partial charge on any atom is 0.404 e. The van der Waals surface area contributed by atoms with Gasteiger partial charge in [-0.25, -0.2) is 9.59 Å². The van der Waals surface area contributed by atoms with Gasteiger partial charge in [-0.1, -0.05) is 12.1 Å². The second-order valence-electron chi connectivity index (χ2n) is 5.55. The number of methoxy groups -OCH3 is 1. The minimum Gasteiger partial charge on any atom is -0.465 e. The van der Waals surface area contributed by atoms with Crippen molar-refractivity contribution in [3.8, 4) is 0 Å². The number of nitro groups is 1. The van der Waals surface area contributed by atoms with Crippen LogP contribution in [0, 0.1) is 10.1 Å². The molecule has 0 unspecified atom stereocenters. The predicted octanol–water partition coefficient (Wildman–Crippen LogP) is 2.27. The van der Waals surface area contributed by atoms with Gasteiger partial charge in [0, 0.05) is 18.2 Å². The molecule has 10 heteroatoms. The number of ether oxygens (including phenoxy) is 2. The molecule has 0 atom stereocenters. The molecule has 2 aromatic carbocycles. The minimum atomic E-state index is -0.858. The molecule has 0 fully saturated rings. The Bertz CT molecular complexity index is 910. The van der Waals surface area contributed by atoms with Gasteiger partial charge in [0.15, 0.2) is 0 Å². The van der Waals surface area contributed by atoms with Gasteiger partial charge in [-0.3, -0.25) is 14.9 Å². The molecule has 2 rings (SSSR count). The highest BCUT2D eigenvalue weighted by Crippen LogP contribution is 2.22. The molecule has 10 nitrogen and oxygen atoms in total. The lowest BCUT2D eigenvalue weighted by molar-refractivity contribution is -0.385. The van der Waals surface area contributed by atoms with Crippen LogP contribution in [0.2, 0.25) is 0 Å². The first-order valence-electron chi connectivity index (χ1n) is 8.01. The van der Waals surface area contributed by atoms with Crippen molar-refractivity contribution in [2.75, 3.05) is 19.0 Å². The molecule has 0 saturated carbocycles. The fourth-order valence-corrected chi connectivity index (χ4v) is 2.34. The van der Waals surface area contributed by atoms with E-state index in [-0.39, 0.29) is 17.7 Å². The molecule has 2 aromatic rings. The predicted molar refractivity (Wildman–Crippen MR) is 98.1 cm³/mol. The summed E-state index contributed by atoms with van der Waals surface area (Å²) in [6, 6.07) is 10.1. The average molecular weight is 387 g/mol. The maximum atomic E-state index is 12.4. The van der Waals surface area contributed by atoms with Crippen molar-refractivity contribution in [1.82, 2.24) is 0 Å². The largest absolute Gasteiger partial charge is 0.465 e. The summed E-state index contributed by atoms with van der Waals surface area (Å²) in [6.07, 6.45) is -0.416. The Balaban J connectivity index is 2.12. The van der Waals surface area contributed by atoms with E-state index in [4.69, 9.17) is 5.73 Å². The number of nitrogens with two attached hydrogens (primary N) is 1. The number of amides is 2. The molecule has 28 heavy (non-hydrogen) atoms. The van der Waals surface area contributed by atoms with Crippen molar-refractivity contribution in [1.29, 1.82) is 0 Å². The fraction of sp³-hybridized carbons (Fsp3) is 0.167. The van der Waals surface area contributed by atoms with E-state index in [1.807, 2.05) is 0 Å². The summed E-state index contributed by atoms with van der Waals surface area (Å²) in [4.78, 5) is 45.0. The molecule has 146 valence electrons. The summed E-state index contributed by atoms with van der Waals surface area (Å²) in [5, 5.41) is 13.8. The maximum absolute atomic E-state index is 12.4. The zero-order chi connectivity index (χ0) is 20.7. The minimum absolute atomic E-state index is 0.0340. The third-order valence-electron chi connectivity index (χ3n) is 3.71. The van der Waals surface area contributed by atoms with Gasteiger partial charge < -0.3 is 20.5 Å². The summed E-state index contributed by atoms with van der Waals surface area (Å²) in [5.74, 6) is -1.45. The van der Waals surface area contributed by atoms with Gasteiger partial charge in [0.2, 0.25) is 0 Å². The molecule has 3 N–H and O–H groups in total. The number of hydrogen-bond acceptors (Lipinski definition) is 7. The van der Waals surface area contributed by atoms with Crippen molar-refractivity contribution < 1.29 is 28.8 Å². The van der Waals surface area contributed by atoms with Gasteiger partial charge in [-0.2, -0.15) is 0 Å². The lowest BCUT2D eigenvalue weighted by Gasteiger charge is -2.08. The first-order chi connectivity index (χ1) is 13.3. The second kappa shape index (κ2) is 9.12. The number of carbonyl (C=O) groups is 3. The fourth-order valence-electron chi connectivity index (χ4n) is 2.34. The molecule has 0 heterocycles. The van der Waals surface area contributed by atoms with E-state index in [2.05, 4.69) is 14.8 Å². The van der Waals surface area contributed by atoms with Crippen molar-refractivity contribution >= 4 is 29.3 Å². The summed E-state index contributed by atoms with van der Waals surface area (Å²) in [5.41, 5.74) is 5.38. The molecular formula is C18H17N3O7. The standard InChI is InChI=1S/C18H17N3O7/c1-27-17(23)12-4-7-14(15(10-12)21(25)26)16(22)20-13-5-2-11(3-6-13)8-9-28-18(19)24/h2-7,10H,8-9H2,1H3,(H2,19,24)(H,20,22). The molecule has 0 aliphatic carbocycles. The Morgan fingerprint density at radius 3 is 2.39 bits per heavy atom. The first kappa shape index (κ1) is 20.4. The molecular weight excluding hydrogens is 370 g/mol. The average Bonchev–Trinajstić information content (AvgIpc) is 2.67. The Morgan fingerprint density at radius 1 is 1.14 bits per heavy atom. The van der Waals surface area contributed by atoms with E-state index >= 15 is 0 Å². The van der Waals surface area contributed by atoms with Gasteiger partial charge in [0.05, 0.1) is 24.2 Å². The number of carbonyl (C=O) groups excluding carboxylic acids is 3. The molecule has 0 saturated heterocycles. The topological polar surface area (TPSA) is 151 Å². The molecule has 2 amide bonds. The normalized spacial score (nSPS) is 10.0. The first-order valence-corrected chi connectivity index (χ1v) is 8.01. The highest BCUT2D eigenvalue weighted by molar-refractivity contribution is 6.07. The van der Waals surface area contributed by atoms with Gasteiger partial charge in [0.1, 0.15) is 5.56 Å². The third kappa shape index (κ3) is 5.27. The number of anilines is 1. The molecule has 0 radical (unpaired) electrons. The Kier molecular flexibility index (Phi) is 6.63. The van der Waals surface area contributed by atoms with Crippen molar-refractivity contribution in [3.63, 3.8) is 0 Å². The summed E-state index contributed by atoms with van der Waals surface area (Å²) >= 11 is 0. The molecule has 0 aliphatic rings. The van der Waals surface area contributed by atoms with Gasteiger partial charge >= 0.3 is 12.1 Å². The zero-order valence-corrected chi connectivity index (χ0v) is 14.8. The Morgan fingerprint density at radius 2 is 1.82 bits per heavy atom. The number of nitro benzene ring substituents is 1. The Hall–Kier alpha value is -3.95. The monoisotopic (exact) mass is 387 g/mol. The van der Waals surface area contributed by atoms with Crippen LogP contribution in [0.25, 0.3) is 0 Å². The molecule has 0 aromatic heterocycles. The number of primary amides is 1. The third-order valence-corrected chi connectivity index (χ3v) is 3.71.